The first-order valence-corrected chi connectivity index (χ1v) is 15.0. The zero-order valence-electron chi connectivity index (χ0n) is 23.9. The van der Waals surface area contributed by atoms with Gasteiger partial charge in [-0.1, -0.05) is 67.6 Å². The molecule has 2 amide bonds. The van der Waals surface area contributed by atoms with Gasteiger partial charge in [0.15, 0.2) is 5.82 Å². The number of nitrogens with one attached hydrogen (secondary N) is 3. The van der Waals surface area contributed by atoms with Gasteiger partial charge in [-0.15, -0.1) is 0 Å². The predicted octanol–water partition coefficient (Wildman–Crippen LogP) is 5.58. The largest absolute Gasteiger partial charge is 0.445 e. The van der Waals surface area contributed by atoms with Gasteiger partial charge in [0.25, 0.3) is 0 Å². The molecular weight excluding hydrogens is 545 g/mol. The van der Waals surface area contributed by atoms with Gasteiger partial charge in [0.05, 0.1) is 17.3 Å². The average molecular weight is 586 g/mol. The van der Waals surface area contributed by atoms with Crippen molar-refractivity contribution in [2.75, 3.05) is 44.1 Å². The topological polar surface area (TPSA) is 85.9 Å². The predicted molar refractivity (Wildman–Crippen MR) is 159 cm³/mol. The molecule has 2 saturated carbocycles. The Morgan fingerprint density at radius 3 is 2.56 bits per heavy atom. The summed E-state index contributed by atoms with van der Waals surface area (Å²) < 4.78 is 21.1. The van der Waals surface area contributed by atoms with Crippen LogP contribution >= 0.6 is 11.6 Å². The third-order valence-corrected chi connectivity index (χ3v) is 9.19. The van der Waals surface area contributed by atoms with Crippen molar-refractivity contribution in [3.63, 3.8) is 0 Å². The summed E-state index contributed by atoms with van der Waals surface area (Å²) in [6.45, 7) is 1.79. The van der Waals surface area contributed by atoms with E-state index in [0.717, 1.165) is 57.2 Å². The summed E-state index contributed by atoms with van der Waals surface area (Å²) in [6.07, 6.45) is 6.77. The second-order valence-electron chi connectivity index (χ2n) is 12.1. The molecule has 3 aliphatic rings. The van der Waals surface area contributed by atoms with E-state index in [1.54, 1.807) is 6.07 Å². The molecular formula is C31H41ClFN5O3. The minimum atomic E-state index is -0.577. The molecule has 10 heteroatoms. The molecule has 8 nitrogen and oxygen atoms in total. The number of nitrogens with zero attached hydrogens (tertiary/aromatic N) is 2. The fraction of sp³-hybridized carbons (Fsp3) is 0.548. The van der Waals surface area contributed by atoms with Crippen molar-refractivity contribution in [2.24, 2.45) is 17.3 Å². The van der Waals surface area contributed by atoms with Crippen molar-refractivity contribution < 1.29 is 18.7 Å². The van der Waals surface area contributed by atoms with Gasteiger partial charge in [-0.25, -0.2) is 9.18 Å². The first kappa shape index (κ1) is 29.5. The highest BCUT2D eigenvalue weighted by Crippen LogP contribution is 2.55. The summed E-state index contributed by atoms with van der Waals surface area (Å²) >= 11 is 6.42. The molecule has 2 aliphatic carbocycles. The fourth-order valence-corrected chi connectivity index (χ4v) is 6.75. The van der Waals surface area contributed by atoms with Crippen molar-refractivity contribution in [3.8, 4) is 0 Å². The van der Waals surface area contributed by atoms with E-state index < -0.39 is 17.8 Å². The highest BCUT2D eigenvalue weighted by atomic mass is 35.5. The number of alkyl carbamates (subject to hydrolysis) is 1. The molecule has 5 rings (SSSR count). The van der Waals surface area contributed by atoms with Crippen LogP contribution in [0.1, 0.15) is 50.5 Å². The van der Waals surface area contributed by atoms with Gasteiger partial charge >= 0.3 is 6.09 Å². The van der Waals surface area contributed by atoms with Gasteiger partial charge in [-0.2, -0.15) is 0 Å². The number of ether oxygens (including phenoxy) is 1. The van der Waals surface area contributed by atoms with Crippen LogP contribution in [0.2, 0.25) is 5.02 Å². The van der Waals surface area contributed by atoms with Gasteiger partial charge in [0.2, 0.25) is 5.91 Å². The molecule has 1 aliphatic heterocycles. The lowest BCUT2D eigenvalue weighted by molar-refractivity contribution is -0.124. The van der Waals surface area contributed by atoms with E-state index in [9.17, 15) is 9.59 Å². The summed E-state index contributed by atoms with van der Waals surface area (Å²) in [4.78, 5) is 30.0. The first-order chi connectivity index (χ1) is 19.7. The molecule has 1 saturated heterocycles. The Kier molecular flexibility index (Phi) is 9.24. The van der Waals surface area contributed by atoms with Crippen LogP contribution in [0.25, 0.3) is 0 Å². The molecule has 222 valence electrons. The molecule has 1 spiro atoms. The number of hydrogen-bond acceptors (Lipinski definition) is 6. The minimum Gasteiger partial charge on any atom is -0.445 e. The van der Waals surface area contributed by atoms with Crippen LogP contribution in [0.4, 0.5) is 20.6 Å². The van der Waals surface area contributed by atoms with Crippen molar-refractivity contribution in [1.82, 2.24) is 15.6 Å². The lowest BCUT2D eigenvalue weighted by Gasteiger charge is -2.25. The molecule has 0 aromatic heterocycles. The second-order valence-corrected chi connectivity index (χ2v) is 12.6. The van der Waals surface area contributed by atoms with E-state index in [-0.39, 0.29) is 30.2 Å². The van der Waals surface area contributed by atoms with Gasteiger partial charge in [-0.3, -0.25) is 15.6 Å². The van der Waals surface area contributed by atoms with Gasteiger partial charge in [-0.05, 0) is 57.0 Å². The quantitative estimate of drug-likeness (QED) is 0.299. The molecule has 2 aromatic rings. The van der Waals surface area contributed by atoms with E-state index in [0.29, 0.717) is 29.1 Å². The van der Waals surface area contributed by atoms with Crippen LogP contribution in [-0.2, 0) is 16.1 Å². The van der Waals surface area contributed by atoms with Gasteiger partial charge in [0, 0.05) is 36.1 Å². The Hall–Kier alpha value is -3.04. The lowest BCUT2D eigenvalue weighted by atomic mass is 9.92. The molecule has 1 unspecified atom stereocenters. The molecule has 1 heterocycles. The average Bonchev–Trinajstić information content (AvgIpc) is 3.35. The third kappa shape index (κ3) is 7.25. The molecule has 2 atom stereocenters. The van der Waals surface area contributed by atoms with Crippen molar-refractivity contribution >= 4 is 35.0 Å². The van der Waals surface area contributed by atoms with E-state index >= 15 is 4.39 Å². The maximum Gasteiger partial charge on any atom is 0.407 e. The van der Waals surface area contributed by atoms with Crippen LogP contribution in [-0.4, -0.2) is 56.7 Å². The molecule has 2 aromatic carbocycles. The number of likely N-dealkylation sites (N-methyl/N-ethyl adjacent to an activating group) is 1. The maximum absolute atomic E-state index is 15.8. The standard InChI is InChI=1S/C31H41ClFN5O3/c1-37(2)27-18-38(20-31(27)12-13-31)26-16-24(32)15-25(28(26)33)35-36-29(39)23(14-21-8-6-7-9-21)17-34-30(40)41-19-22-10-4-3-5-11-22/h3-5,10-11,15-16,21,23,27,35H,6-9,12-14,17-20H2,1-2H3,(H,34,40)(H,36,39)/t23-,27?/m1/s1. The number of hydrogen-bond donors (Lipinski definition) is 3. The van der Waals surface area contributed by atoms with Crippen LogP contribution in [0.15, 0.2) is 42.5 Å². The Morgan fingerprint density at radius 1 is 1.17 bits per heavy atom. The third-order valence-electron chi connectivity index (χ3n) is 8.97. The van der Waals surface area contributed by atoms with Crippen LogP contribution in [0, 0.1) is 23.1 Å². The lowest BCUT2D eigenvalue weighted by Crippen LogP contribution is -2.42. The fourth-order valence-electron chi connectivity index (χ4n) is 6.54. The highest BCUT2D eigenvalue weighted by molar-refractivity contribution is 6.31. The zero-order chi connectivity index (χ0) is 29.0. The summed E-state index contributed by atoms with van der Waals surface area (Å²) in [6, 6.07) is 12.9. The van der Waals surface area contributed by atoms with Crippen molar-refractivity contribution in [2.45, 2.75) is 57.6 Å². The first-order valence-electron chi connectivity index (χ1n) is 14.6. The van der Waals surface area contributed by atoms with Gasteiger partial charge in [0.1, 0.15) is 6.61 Å². The number of rotatable bonds is 11. The Balaban J connectivity index is 1.20. The number of amides is 2. The molecule has 0 bridgehead atoms. The van der Waals surface area contributed by atoms with Crippen LogP contribution in [0.5, 0.6) is 0 Å². The van der Waals surface area contributed by atoms with E-state index in [1.165, 1.54) is 6.07 Å². The van der Waals surface area contributed by atoms with Gasteiger partial charge < -0.3 is 19.9 Å². The van der Waals surface area contributed by atoms with E-state index in [2.05, 4.69) is 40.1 Å². The normalized spacial score (nSPS) is 20.3. The summed E-state index contributed by atoms with van der Waals surface area (Å²) in [5.74, 6) is -0.838. The highest BCUT2D eigenvalue weighted by Gasteiger charge is 2.56. The molecule has 3 fully saturated rings. The minimum absolute atomic E-state index is 0.119. The number of carbonyl (C=O) groups is 2. The number of carbonyl (C=O) groups excluding carboxylic acids is 2. The summed E-state index contributed by atoms with van der Waals surface area (Å²) in [7, 11) is 4.15. The molecule has 41 heavy (non-hydrogen) atoms. The summed E-state index contributed by atoms with van der Waals surface area (Å²) in [5.41, 5.74) is 7.13. The monoisotopic (exact) mass is 585 g/mol. The van der Waals surface area contributed by atoms with Crippen molar-refractivity contribution in [3.05, 3.63) is 58.9 Å². The Bertz CT molecular complexity index is 1220. The second kappa shape index (κ2) is 12.9. The molecule has 3 N–H and O–H groups in total. The van der Waals surface area contributed by atoms with Crippen LogP contribution < -0.4 is 21.1 Å². The summed E-state index contributed by atoms with van der Waals surface area (Å²) in [5, 5.41) is 3.13. The van der Waals surface area contributed by atoms with E-state index in [1.807, 2.05) is 30.3 Å². The van der Waals surface area contributed by atoms with Crippen molar-refractivity contribution in [1.29, 1.82) is 0 Å². The van der Waals surface area contributed by atoms with Crippen LogP contribution in [0.3, 0.4) is 0 Å². The Morgan fingerprint density at radius 2 is 1.90 bits per heavy atom. The maximum atomic E-state index is 15.8. The SMILES string of the molecule is CN(C)C1CN(c2cc(Cl)cc(NNC(=O)[C@@H](CNC(=O)OCc3ccccc3)CC3CCCC3)c2F)CC12CC2. The van der Waals surface area contributed by atoms with E-state index in [4.69, 9.17) is 16.3 Å². The zero-order valence-corrected chi connectivity index (χ0v) is 24.7. The number of hydrazine groups is 1. The Labute approximate surface area is 246 Å². The number of halogens is 2. The molecule has 0 radical (unpaired) electrons. The number of benzene rings is 2. The number of anilines is 2. The smallest absolute Gasteiger partial charge is 0.407 e.